The van der Waals surface area contributed by atoms with Gasteiger partial charge in [-0.3, -0.25) is 16.0 Å². The standard InChI is InChI=1S/C49H4.C15H18N4O3.C12H12N2O4.C11H14N2O3/c1-3-5-7-9-11-13-15-17-19-21-23-25-27-29-31-33-35-37-39-41-43-45-47-49-48-46-44-42-40-38-36-34-32-30-28-26-24-22-20-18-16-14-12-10-8-6-4-2;1-22-15(21)18-11-4-10(8-20)13-2-3-19(14(13)5-11)7-12-6-16-9-17-12;1-17-11(15)9-5-7(14-12(16)18-2)6-10-8(9)3-4-13-10;1-16-11(15)13-8-4-7(6-14)9-2-3-12-10(9)5-8/h1-2H2;4-6,9,20H,2-3,7-8H2,1H3,(H,16,17)(H,18,21);3-6,13H,1-2H3,(H,14,16);4-5,12,14H,2-3,6H2,1H3,(H,13,15). The third-order valence-electron chi connectivity index (χ3n) is 11.9. The number of ether oxygens (including phenoxy) is 4. The number of aliphatic hydroxyl groups is 2. The molecule has 5 aromatic rings. The number of benzene rings is 3. The van der Waals surface area contributed by atoms with Crippen LogP contribution in [0, 0.1) is 0 Å². The zero-order chi connectivity index (χ0) is 75.4. The van der Waals surface area contributed by atoms with Gasteiger partial charge < -0.3 is 49.3 Å². The number of hydrogen-bond acceptors (Lipinski definition) is 13. The summed E-state index contributed by atoms with van der Waals surface area (Å²) in [6.45, 7) is 8.98. The Morgan fingerprint density at radius 1 is 0.457 bits per heavy atom. The average molecular weight is 1370 g/mol. The van der Waals surface area contributed by atoms with E-state index in [0.29, 0.717) is 29.2 Å². The van der Waals surface area contributed by atoms with Crippen LogP contribution < -0.4 is 26.2 Å². The van der Waals surface area contributed by atoms with E-state index in [4.69, 9.17) is 4.74 Å². The Labute approximate surface area is 601 Å². The Balaban J connectivity index is 0.000000336. The van der Waals surface area contributed by atoms with Crippen LogP contribution in [0.25, 0.3) is 10.9 Å². The van der Waals surface area contributed by atoms with E-state index in [9.17, 15) is 29.4 Å². The minimum absolute atomic E-state index is 0.0271. The number of amides is 3. The molecule has 7 rings (SSSR count). The summed E-state index contributed by atoms with van der Waals surface area (Å²) in [6.07, 6.45) is 5.29. The van der Waals surface area contributed by atoms with E-state index in [0.717, 1.165) is 76.2 Å². The van der Waals surface area contributed by atoms with Gasteiger partial charge in [-0.15, -0.1) is 0 Å². The summed E-state index contributed by atoms with van der Waals surface area (Å²) in [7, 11) is 5.21. The molecule has 18 nitrogen and oxygen atoms in total. The molecular weight excluding hydrogens is 1320 g/mol. The molecule has 3 aromatic carbocycles. The fourth-order valence-corrected chi connectivity index (χ4v) is 7.78. The molecular formula is C87H48N8O10. The number of aromatic amines is 2. The maximum absolute atomic E-state index is 11.7. The molecule has 2 aliphatic rings. The van der Waals surface area contributed by atoms with Crippen LogP contribution in [0.3, 0.4) is 0 Å². The molecule has 0 bridgehead atoms. The lowest BCUT2D eigenvalue weighted by Gasteiger charge is -2.20. The van der Waals surface area contributed by atoms with Crippen molar-refractivity contribution in [3.05, 3.63) is 377 Å². The molecule has 2 aromatic heterocycles. The van der Waals surface area contributed by atoms with Crippen LogP contribution in [0.1, 0.15) is 38.3 Å². The monoisotopic (exact) mass is 1360 g/mol. The molecule has 0 radical (unpaired) electrons. The van der Waals surface area contributed by atoms with Crippen LogP contribution in [-0.4, -0.2) is 90.9 Å². The number of anilines is 5. The maximum atomic E-state index is 11.7. The van der Waals surface area contributed by atoms with Gasteiger partial charge >= 0.3 is 24.2 Å². The van der Waals surface area contributed by atoms with Crippen molar-refractivity contribution in [1.29, 1.82) is 0 Å². The van der Waals surface area contributed by atoms with E-state index in [1.165, 1.54) is 28.4 Å². The van der Waals surface area contributed by atoms with Crippen LogP contribution in [0.2, 0.25) is 0 Å². The van der Waals surface area contributed by atoms with Crippen LogP contribution in [0.5, 0.6) is 0 Å². The lowest BCUT2D eigenvalue weighted by molar-refractivity contribution is 0.0602. The number of nitrogens with one attached hydrogen (secondary N) is 6. The number of carbonyl (C=O) groups excluding carboxylic acids is 4. The number of aliphatic hydroxyl groups excluding tert-OH is 2. The van der Waals surface area contributed by atoms with Gasteiger partial charge in [0.25, 0.3) is 0 Å². The van der Waals surface area contributed by atoms with Gasteiger partial charge in [-0.05, 0) is 182 Å². The number of rotatable bonds is 8. The van der Waals surface area contributed by atoms with Crippen LogP contribution >= 0.6 is 0 Å². The molecule has 0 atom stereocenters. The first-order chi connectivity index (χ1) is 51.5. The Hall–Kier alpha value is -17.4. The van der Waals surface area contributed by atoms with Crippen LogP contribution in [0.4, 0.5) is 42.8 Å². The summed E-state index contributed by atoms with van der Waals surface area (Å²) >= 11 is 0. The number of esters is 1. The van der Waals surface area contributed by atoms with Gasteiger partial charge in [0.15, 0.2) is 0 Å². The Morgan fingerprint density at radius 2 is 0.819 bits per heavy atom. The second-order valence-corrected chi connectivity index (χ2v) is 18.3. The van der Waals surface area contributed by atoms with Crippen molar-refractivity contribution in [2.45, 2.75) is 32.6 Å². The van der Waals surface area contributed by atoms with Crippen molar-refractivity contribution in [2.75, 3.05) is 67.7 Å². The van der Waals surface area contributed by atoms with Gasteiger partial charge in [-0.2, -0.15) is 0 Å². The zero-order valence-electron chi connectivity index (χ0n) is 56.2. The fourth-order valence-electron chi connectivity index (χ4n) is 7.78. The van der Waals surface area contributed by atoms with Gasteiger partial charge in [0.1, 0.15) is 0 Å². The topological polar surface area (TPSA) is 241 Å². The van der Waals surface area contributed by atoms with Crippen molar-refractivity contribution in [3.8, 4) is 0 Å². The van der Waals surface area contributed by atoms with Gasteiger partial charge in [0.2, 0.25) is 0 Å². The average Bonchev–Trinajstić information content (AvgIpc) is 1.68. The Bertz CT molecular complexity index is 6050. The Morgan fingerprint density at radius 3 is 1.16 bits per heavy atom. The van der Waals surface area contributed by atoms with E-state index in [-0.39, 0.29) is 13.2 Å². The predicted octanol–water partition coefficient (Wildman–Crippen LogP) is 13.2. The van der Waals surface area contributed by atoms with Crippen LogP contribution in [0.15, 0.2) is 344 Å². The second-order valence-electron chi connectivity index (χ2n) is 18.3. The van der Waals surface area contributed by atoms with E-state index >= 15 is 0 Å². The van der Waals surface area contributed by atoms with Gasteiger partial charge in [0, 0.05) is 231 Å². The third-order valence-corrected chi connectivity index (χ3v) is 11.9. The van der Waals surface area contributed by atoms with E-state index in [1.54, 1.807) is 49.1 Å². The number of H-pyrrole nitrogens is 2. The summed E-state index contributed by atoms with van der Waals surface area (Å²) in [5, 5.41) is 30.5. The van der Waals surface area contributed by atoms with Crippen molar-refractivity contribution in [1.82, 2.24) is 15.0 Å². The highest BCUT2D eigenvalue weighted by Crippen LogP contribution is 2.35. The number of methoxy groups -OCH3 is 4. The molecule has 0 unspecified atom stereocenters. The normalized spacial score (nSPS) is 8.27. The molecule has 0 aliphatic carbocycles. The first-order valence-electron chi connectivity index (χ1n) is 29.6. The van der Waals surface area contributed by atoms with Gasteiger partial charge in [-0.25, -0.2) is 24.2 Å². The molecule has 0 saturated heterocycles. The zero-order valence-corrected chi connectivity index (χ0v) is 56.2. The number of nitrogens with zero attached hydrogens (tertiary/aromatic N) is 2. The summed E-state index contributed by atoms with van der Waals surface area (Å²) < 4.78 is 18.3. The molecule has 3 amide bonds. The molecule has 0 spiro atoms. The third kappa shape index (κ3) is 33.2. The number of aromatic nitrogens is 3. The van der Waals surface area contributed by atoms with E-state index in [2.05, 4.69) is 338 Å². The summed E-state index contributed by atoms with van der Waals surface area (Å²) in [4.78, 5) is 57.5. The smallest absolute Gasteiger partial charge is 0.411 e. The quantitative estimate of drug-likeness (QED) is 0.0410. The highest BCUT2D eigenvalue weighted by Gasteiger charge is 2.24. The molecule has 0 fully saturated rings. The highest BCUT2D eigenvalue weighted by atomic mass is 16.5. The van der Waals surface area contributed by atoms with E-state index < -0.39 is 24.2 Å². The van der Waals surface area contributed by atoms with E-state index in [1.807, 2.05) is 12.1 Å². The van der Waals surface area contributed by atoms with Crippen molar-refractivity contribution < 1.29 is 48.3 Å². The number of fused-ring (bicyclic) bond motifs is 3. The Kier molecular flexibility index (Phi) is 38.8. The van der Waals surface area contributed by atoms with Crippen molar-refractivity contribution in [3.63, 3.8) is 0 Å². The molecule has 496 valence electrons. The van der Waals surface area contributed by atoms with Crippen molar-refractivity contribution in [2.24, 2.45) is 0 Å². The molecule has 8 N–H and O–H groups in total. The molecule has 4 heterocycles. The first kappa shape index (κ1) is 80.0. The van der Waals surface area contributed by atoms with Gasteiger partial charge in [0.05, 0.1) is 65.8 Å². The number of carbonyl (C=O) groups is 4. The number of hydrogen-bond donors (Lipinski definition) is 8. The molecule has 105 heavy (non-hydrogen) atoms. The first-order valence-corrected chi connectivity index (χ1v) is 29.6. The SMILES string of the molecule is C=C=C=C=C=C=C=C=C=C=C=C=C=C=C=C=C=C=C=C=C=C=C=C=C=C=C=C=C=C=C=C=C=C=C=C=C=C=C=C=C=C=C=C=C=C=C=C=C.COC(=O)Nc1cc(C(=O)OC)c2cc[nH]c2c1.COC(=O)Nc1cc(CO)c2c(c1)N(Cc1cnc[nH]1)CC2.COC(=O)Nc1cc(CO)c2c(c1)NCC2. The summed E-state index contributed by atoms with van der Waals surface area (Å²) in [5.74, 6) is -0.465. The summed E-state index contributed by atoms with van der Waals surface area (Å²) in [5.41, 5.74) is 127. The highest BCUT2D eigenvalue weighted by molar-refractivity contribution is 6.06. The van der Waals surface area contributed by atoms with Crippen LogP contribution in [-0.2, 0) is 51.5 Å². The lowest BCUT2D eigenvalue weighted by atomic mass is 10.0. The summed E-state index contributed by atoms with van der Waals surface area (Å²) in [6, 6.07) is 12.3. The predicted molar refractivity (Wildman–Crippen MR) is 384 cm³/mol. The minimum atomic E-state index is -0.600. The van der Waals surface area contributed by atoms with Crippen molar-refractivity contribution >= 4 is 63.6 Å². The molecule has 0 saturated carbocycles. The molecule has 18 heteroatoms. The minimum Gasteiger partial charge on any atom is -0.465 e. The maximum Gasteiger partial charge on any atom is 0.411 e. The largest absolute Gasteiger partial charge is 0.465 e. The van der Waals surface area contributed by atoms with Gasteiger partial charge in [-0.1, -0.05) is 11.5 Å². The molecule has 2 aliphatic heterocycles. The fraction of sp³-hybridized carbons (Fsp3) is 0.126. The number of imidazole rings is 1. The second kappa shape index (κ2) is 51.0. The lowest BCUT2D eigenvalue weighted by Crippen LogP contribution is -2.20.